The Morgan fingerprint density at radius 2 is 1.74 bits per heavy atom. The first kappa shape index (κ1) is 22.7. The highest BCUT2D eigenvalue weighted by Crippen LogP contribution is 2.34. The number of benzene rings is 2. The Balaban J connectivity index is 1.71. The Bertz CT molecular complexity index is 1250. The first-order valence-electron chi connectivity index (χ1n) is 10.5. The number of imide groups is 1. The number of anilines is 1. The largest absolute Gasteiger partial charge is 0.495 e. The summed E-state index contributed by atoms with van der Waals surface area (Å²) in [6, 6.07) is 15.1. The van der Waals surface area contributed by atoms with E-state index in [0.717, 1.165) is 15.5 Å². The van der Waals surface area contributed by atoms with Gasteiger partial charge in [0, 0.05) is 23.5 Å². The first-order chi connectivity index (χ1) is 16.4. The van der Waals surface area contributed by atoms with Crippen LogP contribution in [0.25, 0.3) is 0 Å². The summed E-state index contributed by atoms with van der Waals surface area (Å²) in [4.78, 5) is 57.6. The van der Waals surface area contributed by atoms with Crippen molar-refractivity contribution in [3.8, 4) is 5.75 Å². The van der Waals surface area contributed by atoms with E-state index in [-0.39, 0.29) is 23.2 Å². The van der Waals surface area contributed by atoms with Gasteiger partial charge in [-0.25, -0.2) is 9.91 Å². The minimum absolute atomic E-state index is 0.245. The number of hydrazine groups is 1. The standard InChI is InChI=1S/C25H22N4O5/c1-16-8-9-21(34-2)19(14-16)28-22(30)15-20(25(28)33)29(24(32)18-6-4-3-5-7-18)27-23(31)17-10-12-26-13-11-17/h3-14,20H,15H2,1-2H3,(H,27,31). The van der Waals surface area contributed by atoms with Crippen LogP contribution in [0.4, 0.5) is 5.69 Å². The molecule has 34 heavy (non-hydrogen) atoms. The van der Waals surface area contributed by atoms with Gasteiger partial charge in [0.1, 0.15) is 11.8 Å². The number of hydrogen-bond acceptors (Lipinski definition) is 6. The van der Waals surface area contributed by atoms with E-state index in [0.29, 0.717) is 5.75 Å². The van der Waals surface area contributed by atoms with Crippen LogP contribution in [0.3, 0.4) is 0 Å². The number of nitrogens with one attached hydrogen (secondary N) is 1. The van der Waals surface area contributed by atoms with Gasteiger partial charge in [0.2, 0.25) is 5.91 Å². The van der Waals surface area contributed by atoms with Crippen molar-refractivity contribution in [1.29, 1.82) is 0 Å². The first-order valence-corrected chi connectivity index (χ1v) is 10.5. The Hall–Kier alpha value is -4.53. The lowest BCUT2D eigenvalue weighted by molar-refractivity contribution is -0.122. The summed E-state index contributed by atoms with van der Waals surface area (Å²) >= 11 is 0. The number of ether oxygens (including phenoxy) is 1. The summed E-state index contributed by atoms with van der Waals surface area (Å²) in [7, 11) is 1.44. The maximum absolute atomic E-state index is 13.5. The predicted molar refractivity (Wildman–Crippen MR) is 123 cm³/mol. The molecule has 2 heterocycles. The van der Waals surface area contributed by atoms with E-state index in [1.165, 1.54) is 31.6 Å². The maximum Gasteiger partial charge on any atom is 0.273 e. The molecule has 1 N–H and O–H groups in total. The molecule has 0 bridgehead atoms. The smallest absolute Gasteiger partial charge is 0.273 e. The normalized spacial score (nSPS) is 15.2. The van der Waals surface area contributed by atoms with Crippen LogP contribution in [-0.4, -0.2) is 46.8 Å². The molecular formula is C25H22N4O5. The highest BCUT2D eigenvalue weighted by molar-refractivity contribution is 6.24. The second-order valence-electron chi connectivity index (χ2n) is 7.68. The third-order valence-corrected chi connectivity index (χ3v) is 5.41. The summed E-state index contributed by atoms with van der Waals surface area (Å²) in [5.74, 6) is -2.04. The number of pyridine rings is 1. The van der Waals surface area contributed by atoms with E-state index >= 15 is 0 Å². The molecule has 1 aliphatic heterocycles. The highest BCUT2D eigenvalue weighted by Gasteiger charge is 2.46. The fraction of sp³-hybridized carbons (Fsp3) is 0.160. The zero-order valence-corrected chi connectivity index (χ0v) is 18.6. The molecule has 3 aromatic rings. The molecule has 4 rings (SSSR count). The predicted octanol–water partition coefficient (Wildman–Crippen LogP) is 2.52. The number of nitrogens with zero attached hydrogens (tertiary/aromatic N) is 3. The number of amides is 4. The van der Waals surface area contributed by atoms with Gasteiger partial charge < -0.3 is 4.74 Å². The summed E-state index contributed by atoms with van der Waals surface area (Å²) in [5, 5.41) is 0.931. The van der Waals surface area contributed by atoms with Gasteiger partial charge in [0.15, 0.2) is 0 Å². The molecule has 1 aliphatic rings. The molecule has 1 fully saturated rings. The fourth-order valence-electron chi connectivity index (χ4n) is 3.71. The maximum atomic E-state index is 13.5. The zero-order chi connectivity index (χ0) is 24.2. The number of hydrogen-bond donors (Lipinski definition) is 1. The lowest BCUT2D eigenvalue weighted by atomic mass is 10.1. The van der Waals surface area contributed by atoms with Gasteiger partial charge in [-0.3, -0.25) is 29.6 Å². The number of carbonyl (C=O) groups is 4. The average molecular weight is 458 g/mol. The second-order valence-corrected chi connectivity index (χ2v) is 7.68. The molecule has 9 heteroatoms. The van der Waals surface area contributed by atoms with Crippen molar-refractivity contribution in [2.75, 3.05) is 12.0 Å². The molecule has 0 spiro atoms. The van der Waals surface area contributed by atoms with E-state index in [2.05, 4.69) is 10.4 Å². The van der Waals surface area contributed by atoms with Crippen molar-refractivity contribution in [2.45, 2.75) is 19.4 Å². The van der Waals surface area contributed by atoms with Crippen molar-refractivity contribution in [1.82, 2.24) is 15.4 Å². The van der Waals surface area contributed by atoms with Gasteiger partial charge in [0.25, 0.3) is 17.7 Å². The molecule has 1 saturated heterocycles. The van der Waals surface area contributed by atoms with Crippen molar-refractivity contribution >= 4 is 29.3 Å². The monoisotopic (exact) mass is 458 g/mol. The molecule has 9 nitrogen and oxygen atoms in total. The molecule has 2 aromatic carbocycles. The summed E-state index contributed by atoms with van der Waals surface area (Å²) < 4.78 is 5.34. The zero-order valence-electron chi connectivity index (χ0n) is 18.6. The van der Waals surface area contributed by atoms with Crippen LogP contribution in [0.15, 0.2) is 73.1 Å². The minimum atomic E-state index is -1.24. The molecule has 1 unspecified atom stereocenters. The molecule has 1 aromatic heterocycles. The molecule has 0 radical (unpaired) electrons. The molecule has 172 valence electrons. The molecule has 1 atom stereocenters. The van der Waals surface area contributed by atoms with Crippen LogP contribution in [0.2, 0.25) is 0 Å². The van der Waals surface area contributed by atoms with Gasteiger partial charge in [0.05, 0.1) is 19.2 Å². The van der Waals surface area contributed by atoms with Crippen LogP contribution >= 0.6 is 0 Å². The van der Waals surface area contributed by atoms with E-state index in [1.54, 1.807) is 48.5 Å². The van der Waals surface area contributed by atoms with E-state index in [4.69, 9.17) is 4.74 Å². The van der Waals surface area contributed by atoms with Crippen LogP contribution in [-0.2, 0) is 9.59 Å². The number of methoxy groups -OCH3 is 1. The van der Waals surface area contributed by atoms with Crippen molar-refractivity contribution in [3.05, 3.63) is 89.7 Å². The van der Waals surface area contributed by atoms with Crippen molar-refractivity contribution in [3.63, 3.8) is 0 Å². The number of rotatable bonds is 5. The van der Waals surface area contributed by atoms with Crippen LogP contribution in [0.5, 0.6) is 5.75 Å². The number of aromatic nitrogens is 1. The Kier molecular flexibility index (Phi) is 6.35. The Morgan fingerprint density at radius 1 is 1.03 bits per heavy atom. The fourth-order valence-corrected chi connectivity index (χ4v) is 3.71. The summed E-state index contributed by atoms with van der Waals surface area (Å²) in [6.45, 7) is 1.83. The quantitative estimate of drug-likeness (QED) is 0.465. The van der Waals surface area contributed by atoms with Crippen molar-refractivity contribution < 1.29 is 23.9 Å². The van der Waals surface area contributed by atoms with E-state index in [9.17, 15) is 19.2 Å². The van der Waals surface area contributed by atoms with Crippen molar-refractivity contribution in [2.24, 2.45) is 0 Å². The highest BCUT2D eigenvalue weighted by atomic mass is 16.5. The van der Waals surface area contributed by atoms with Gasteiger partial charge in [-0.1, -0.05) is 24.3 Å². The molecule has 0 saturated carbocycles. The summed E-state index contributed by atoms with van der Waals surface area (Å²) in [5.41, 5.74) is 4.13. The minimum Gasteiger partial charge on any atom is -0.495 e. The molecular weight excluding hydrogens is 436 g/mol. The van der Waals surface area contributed by atoms with Crippen LogP contribution in [0.1, 0.15) is 32.7 Å². The van der Waals surface area contributed by atoms with Gasteiger partial charge in [-0.15, -0.1) is 0 Å². The van der Waals surface area contributed by atoms with Crippen LogP contribution < -0.4 is 15.1 Å². The Morgan fingerprint density at radius 3 is 2.41 bits per heavy atom. The van der Waals surface area contributed by atoms with Crippen LogP contribution in [0, 0.1) is 6.92 Å². The Labute approximate surface area is 195 Å². The third kappa shape index (κ3) is 4.36. The number of aryl methyl sites for hydroxylation is 1. The average Bonchev–Trinajstić information content (AvgIpc) is 3.16. The molecule has 0 aliphatic carbocycles. The summed E-state index contributed by atoms with van der Waals surface area (Å²) in [6.07, 6.45) is 2.58. The van der Waals surface area contributed by atoms with Gasteiger partial charge in [-0.05, 0) is 48.9 Å². The van der Waals surface area contributed by atoms with E-state index in [1.807, 2.05) is 6.92 Å². The van der Waals surface area contributed by atoms with Gasteiger partial charge >= 0.3 is 0 Å². The lowest BCUT2D eigenvalue weighted by Gasteiger charge is -2.28. The topological polar surface area (TPSA) is 109 Å². The SMILES string of the molecule is COc1ccc(C)cc1N1C(=O)CC(N(NC(=O)c2ccncc2)C(=O)c2ccccc2)C1=O. The van der Waals surface area contributed by atoms with Gasteiger partial charge in [-0.2, -0.15) is 0 Å². The number of carbonyl (C=O) groups excluding carboxylic acids is 4. The lowest BCUT2D eigenvalue weighted by Crippen LogP contribution is -2.54. The third-order valence-electron chi connectivity index (χ3n) is 5.41. The van der Waals surface area contributed by atoms with E-state index < -0.39 is 29.7 Å². The molecule has 4 amide bonds. The second kappa shape index (κ2) is 9.53.